The Bertz CT molecular complexity index is 952. The Labute approximate surface area is 183 Å². The number of benzene rings is 2. The standard InChI is InChI=1S/C22H28N2O4S2/c1-16(17-4-8-20(29-3)9-5-17)23-22(25)18-12-14-24(15-13-18)30(26,27)21-10-6-19(28-2)7-11-21/h4-11,16,18H,12-15H2,1-3H3,(H,23,25)/t16-/m1/s1. The van der Waals surface area contributed by atoms with Crippen LogP contribution in [0.2, 0.25) is 0 Å². The summed E-state index contributed by atoms with van der Waals surface area (Å²) >= 11 is 1.68. The summed E-state index contributed by atoms with van der Waals surface area (Å²) in [5.41, 5.74) is 1.06. The second-order valence-electron chi connectivity index (χ2n) is 7.36. The maximum absolute atomic E-state index is 12.9. The highest BCUT2D eigenvalue weighted by Crippen LogP contribution is 2.26. The van der Waals surface area contributed by atoms with Gasteiger partial charge in [-0.05, 0) is 68.0 Å². The molecule has 162 valence electrons. The largest absolute Gasteiger partial charge is 0.497 e. The van der Waals surface area contributed by atoms with Crippen molar-refractivity contribution >= 4 is 27.7 Å². The van der Waals surface area contributed by atoms with Gasteiger partial charge in [0.1, 0.15) is 5.75 Å². The Balaban J connectivity index is 1.56. The first-order chi connectivity index (χ1) is 14.3. The summed E-state index contributed by atoms with van der Waals surface area (Å²) < 4.78 is 32.3. The van der Waals surface area contributed by atoms with Crippen molar-refractivity contribution in [1.29, 1.82) is 0 Å². The first-order valence-electron chi connectivity index (χ1n) is 9.93. The van der Waals surface area contributed by atoms with E-state index < -0.39 is 10.0 Å². The Morgan fingerprint density at radius 2 is 1.70 bits per heavy atom. The van der Waals surface area contributed by atoms with E-state index in [1.807, 2.05) is 37.4 Å². The fourth-order valence-electron chi connectivity index (χ4n) is 3.56. The van der Waals surface area contributed by atoms with Crippen LogP contribution in [0.25, 0.3) is 0 Å². The van der Waals surface area contributed by atoms with Crippen LogP contribution in [-0.4, -0.2) is 45.1 Å². The van der Waals surface area contributed by atoms with Crippen LogP contribution in [0.1, 0.15) is 31.4 Å². The minimum absolute atomic E-state index is 0.0158. The minimum Gasteiger partial charge on any atom is -0.497 e. The summed E-state index contributed by atoms with van der Waals surface area (Å²) in [4.78, 5) is 14.1. The van der Waals surface area contributed by atoms with E-state index in [1.165, 1.54) is 9.20 Å². The molecule has 8 heteroatoms. The zero-order valence-electron chi connectivity index (χ0n) is 17.5. The molecule has 0 radical (unpaired) electrons. The predicted octanol–water partition coefficient (Wildman–Crippen LogP) is 3.70. The van der Waals surface area contributed by atoms with Crippen LogP contribution >= 0.6 is 11.8 Å². The van der Waals surface area contributed by atoms with Gasteiger partial charge in [-0.1, -0.05) is 12.1 Å². The summed E-state index contributed by atoms with van der Waals surface area (Å²) in [6, 6.07) is 14.4. The molecule has 0 aliphatic carbocycles. The van der Waals surface area contributed by atoms with Gasteiger partial charge in [0.2, 0.25) is 15.9 Å². The van der Waals surface area contributed by atoms with Crippen molar-refractivity contribution in [2.75, 3.05) is 26.5 Å². The van der Waals surface area contributed by atoms with Crippen molar-refractivity contribution in [1.82, 2.24) is 9.62 Å². The van der Waals surface area contributed by atoms with Gasteiger partial charge in [-0.3, -0.25) is 4.79 Å². The average molecular weight is 449 g/mol. The van der Waals surface area contributed by atoms with Gasteiger partial charge in [0, 0.05) is 23.9 Å². The number of thioether (sulfide) groups is 1. The normalized spacial score (nSPS) is 16.8. The molecular formula is C22H28N2O4S2. The SMILES string of the molecule is COc1ccc(S(=O)(=O)N2CCC(C(=O)N[C@H](C)c3ccc(SC)cc3)CC2)cc1. The molecule has 2 aromatic rings. The number of methoxy groups -OCH3 is 1. The lowest BCUT2D eigenvalue weighted by Crippen LogP contribution is -2.43. The van der Waals surface area contributed by atoms with Gasteiger partial charge in [0.05, 0.1) is 18.0 Å². The van der Waals surface area contributed by atoms with E-state index >= 15 is 0 Å². The molecule has 0 spiro atoms. The van der Waals surface area contributed by atoms with E-state index in [9.17, 15) is 13.2 Å². The summed E-state index contributed by atoms with van der Waals surface area (Å²) in [6.07, 6.45) is 3.06. The van der Waals surface area contributed by atoms with Gasteiger partial charge in [-0.2, -0.15) is 4.31 Å². The van der Waals surface area contributed by atoms with E-state index in [0.29, 0.717) is 31.7 Å². The Hall–Kier alpha value is -2.03. The van der Waals surface area contributed by atoms with Crippen LogP contribution in [0.15, 0.2) is 58.3 Å². The predicted molar refractivity (Wildman–Crippen MR) is 119 cm³/mol. The van der Waals surface area contributed by atoms with Crippen LogP contribution in [-0.2, 0) is 14.8 Å². The smallest absolute Gasteiger partial charge is 0.243 e. The molecule has 1 atom stereocenters. The Morgan fingerprint density at radius 3 is 2.23 bits per heavy atom. The quantitative estimate of drug-likeness (QED) is 0.654. The molecule has 1 N–H and O–H groups in total. The van der Waals surface area contributed by atoms with E-state index in [0.717, 1.165) is 5.56 Å². The lowest BCUT2D eigenvalue weighted by molar-refractivity contribution is -0.126. The van der Waals surface area contributed by atoms with Crippen molar-refractivity contribution in [3.8, 4) is 5.75 Å². The first-order valence-corrected chi connectivity index (χ1v) is 12.6. The van der Waals surface area contributed by atoms with E-state index in [4.69, 9.17) is 4.74 Å². The summed E-state index contributed by atoms with van der Waals surface area (Å²) in [7, 11) is -2.02. The third kappa shape index (κ3) is 5.17. The van der Waals surface area contributed by atoms with E-state index in [-0.39, 0.29) is 22.8 Å². The monoisotopic (exact) mass is 448 g/mol. The van der Waals surface area contributed by atoms with Gasteiger partial charge in [0.15, 0.2) is 0 Å². The van der Waals surface area contributed by atoms with Gasteiger partial charge in [0.25, 0.3) is 0 Å². The molecule has 1 amide bonds. The molecule has 0 unspecified atom stereocenters. The third-order valence-electron chi connectivity index (χ3n) is 5.50. The molecular weight excluding hydrogens is 420 g/mol. The number of nitrogens with zero attached hydrogens (tertiary/aromatic N) is 1. The highest BCUT2D eigenvalue weighted by molar-refractivity contribution is 7.98. The van der Waals surface area contributed by atoms with Gasteiger partial charge >= 0.3 is 0 Å². The lowest BCUT2D eigenvalue weighted by Gasteiger charge is -2.31. The van der Waals surface area contributed by atoms with Crippen molar-refractivity contribution in [2.45, 2.75) is 35.6 Å². The average Bonchev–Trinajstić information content (AvgIpc) is 2.79. The maximum atomic E-state index is 12.9. The second kappa shape index (κ2) is 9.85. The number of hydrogen-bond acceptors (Lipinski definition) is 5. The summed E-state index contributed by atoms with van der Waals surface area (Å²) in [6.45, 7) is 2.64. The highest BCUT2D eigenvalue weighted by Gasteiger charge is 2.32. The minimum atomic E-state index is -3.56. The van der Waals surface area contributed by atoms with E-state index in [2.05, 4.69) is 5.32 Å². The fraction of sp³-hybridized carbons (Fsp3) is 0.409. The molecule has 6 nitrogen and oxygen atoms in total. The van der Waals surface area contributed by atoms with Crippen molar-refractivity contribution < 1.29 is 17.9 Å². The highest BCUT2D eigenvalue weighted by atomic mass is 32.2. The number of sulfonamides is 1. The molecule has 0 bridgehead atoms. The first kappa shape index (κ1) is 22.7. The Kier molecular flexibility index (Phi) is 7.44. The molecule has 3 rings (SSSR count). The number of hydrogen-bond donors (Lipinski definition) is 1. The number of carbonyl (C=O) groups is 1. The van der Waals surface area contributed by atoms with Crippen molar-refractivity contribution in [3.63, 3.8) is 0 Å². The van der Waals surface area contributed by atoms with Crippen molar-refractivity contribution in [3.05, 3.63) is 54.1 Å². The molecule has 1 saturated heterocycles. The molecule has 30 heavy (non-hydrogen) atoms. The molecule has 2 aromatic carbocycles. The van der Waals surface area contributed by atoms with Crippen LogP contribution in [0.3, 0.4) is 0 Å². The van der Waals surface area contributed by atoms with E-state index in [1.54, 1.807) is 43.1 Å². The number of nitrogens with one attached hydrogen (secondary N) is 1. The molecule has 1 fully saturated rings. The van der Waals surface area contributed by atoms with Crippen LogP contribution in [0.4, 0.5) is 0 Å². The number of piperidine rings is 1. The van der Waals surface area contributed by atoms with Crippen molar-refractivity contribution in [2.24, 2.45) is 5.92 Å². The van der Waals surface area contributed by atoms with Crippen LogP contribution in [0.5, 0.6) is 5.75 Å². The zero-order valence-corrected chi connectivity index (χ0v) is 19.1. The van der Waals surface area contributed by atoms with Crippen LogP contribution < -0.4 is 10.1 Å². The molecule has 1 aliphatic heterocycles. The maximum Gasteiger partial charge on any atom is 0.243 e. The molecule has 0 saturated carbocycles. The molecule has 1 heterocycles. The third-order valence-corrected chi connectivity index (χ3v) is 8.15. The Morgan fingerprint density at radius 1 is 1.10 bits per heavy atom. The molecule has 0 aromatic heterocycles. The number of carbonyl (C=O) groups excluding carboxylic acids is 1. The topological polar surface area (TPSA) is 75.7 Å². The number of rotatable bonds is 7. The summed E-state index contributed by atoms with van der Waals surface area (Å²) in [5, 5.41) is 3.07. The number of ether oxygens (including phenoxy) is 1. The summed E-state index contributed by atoms with van der Waals surface area (Å²) in [5.74, 6) is 0.416. The lowest BCUT2D eigenvalue weighted by atomic mass is 9.96. The van der Waals surface area contributed by atoms with Crippen LogP contribution in [0, 0.1) is 5.92 Å². The fourth-order valence-corrected chi connectivity index (χ4v) is 5.44. The van der Waals surface area contributed by atoms with Gasteiger partial charge < -0.3 is 10.1 Å². The van der Waals surface area contributed by atoms with Gasteiger partial charge in [-0.25, -0.2) is 8.42 Å². The zero-order chi connectivity index (χ0) is 21.7. The second-order valence-corrected chi connectivity index (χ2v) is 10.2. The number of amides is 1. The van der Waals surface area contributed by atoms with Gasteiger partial charge in [-0.15, -0.1) is 11.8 Å². The molecule has 1 aliphatic rings.